The van der Waals surface area contributed by atoms with Crippen molar-refractivity contribution in [2.24, 2.45) is 0 Å². The number of aryl methyl sites for hydroxylation is 1. The van der Waals surface area contributed by atoms with Crippen LogP contribution in [0.15, 0.2) is 78.9 Å². The second-order valence-electron chi connectivity index (χ2n) is 9.81. The second kappa shape index (κ2) is 13.3. The van der Waals surface area contributed by atoms with Gasteiger partial charge in [-0.05, 0) is 60.7 Å². The number of nitrogens with zero attached hydrogens (tertiary/aromatic N) is 1. The number of halogens is 1. The maximum atomic E-state index is 13.8. The van der Waals surface area contributed by atoms with Crippen molar-refractivity contribution in [3.8, 4) is 5.75 Å². The molecule has 0 aliphatic heterocycles. The van der Waals surface area contributed by atoms with E-state index in [0.29, 0.717) is 17.2 Å². The maximum absolute atomic E-state index is 13.8. The van der Waals surface area contributed by atoms with Crippen molar-refractivity contribution >= 4 is 23.4 Å². The topological polar surface area (TPSA) is 58.6 Å². The Labute approximate surface area is 224 Å². The van der Waals surface area contributed by atoms with Crippen LogP contribution < -0.4 is 10.1 Å². The highest BCUT2D eigenvalue weighted by atomic mass is 35.5. The molecular formula is C31H35ClN2O3. The molecule has 1 N–H and O–H groups in total. The Morgan fingerprint density at radius 3 is 2.41 bits per heavy atom. The third kappa shape index (κ3) is 8.09. The third-order valence-electron chi connectivity index (χ3n) is 6.82. The van der Waals surface area contributed by atoms with E-state index >= 15 is 0 Å². The molecule has 1 unspecified atom stereocenters. The number of hydrogen-bond donors (Lipinski definition) is 1. The molecule has 0 radical (unpaired) electrons. The van der Waals surface area contributed by atoms with Crippen LogP contribution in [0.4, 0.5) is 0 Å². The standard InChI is InChI=1S/C31H35ClN2O3/c1-23-10-8-17-28(18-23)37-22-30(35)34(21-25-13-9-14-26(32)19-25)29(20-24-11-4-2-5-12-24)31(36)33-27-15-6-3-7-16-27/h2,4-5,8-14,17-19,27,29H,3,6-7,15-16,20-22H2,1H3,(H,33,36). The Balaban J connectivity index is 1.61. The van der Waals surface area contributed by atoms with Crippen molar-refractivity contribution in [3.63, 3.8) is 0 Å². The van der Waals surface area contributed by atoms with Crippen LogP contribution in [0.2, 0.25) is 5.02 Å². The van der Waals surface area contributed by atoms with Crippen molar-refractivity contribution in [1.82, 2.24) is 10.2 Å². The van der Waals surface area contributed by atoms with Gasteiger partial charge in [0.05, 0.1) is 0 Å². The summed E-state index contributed by atoms with van der Waals surface area (Å²) >= 11 is 6.26. The first-order valence-corrected chi connectivity index (χ1v) is 13.4. The number of benzene rings is 3. The monoisotopic (exact) mass is 518 g/mol. The van der Waals surface area contributed by atoms with Crippen LogP contribution in [0.3, 0.4) is 0 Å². The van der Waals surface area contributed by atoms with Crippen molar-refractivity contribution in [3.05, 3.63) is 101 Å². The van der Waals surface area contributed by atoms with Crippen LogP contribution in [0.5, 0.6) is 5.75 Å². The molecule has 1 atom stereocenters. The molecule has 0 saturated heterocycles. The number of rotatable bonds is 10. The Morgan fingerprint density at radius 1 is 0.946 bits per heavy atom. The van der Waals surface area contributed by atoms with E-state index in [1.165, 1.54) is 6.42 Å². The highest BCUT2D eigenvalue weighted by Gasteiger charge is 2.32. The Kier molecular flexibility index (Phi) is 9.61. The van der Waals surface area contributed by atoms with Crippen molar-refractivity contribution in [2.75, 3.05) is 6.61 Å². The largest absolute Gasteiger partial charge is 0.484 e. The molecule has 3 aromatic carbocycles. The zero-order valence-electron chi connectivity index (χ0n) is 21.4. The van der Waals surface area contributed by atoms with Crippen LogP contribution in [-0.4, -0.2) is 35.4 Å². The van der Waals surface area contributed by atoms with Crippen LogP contribution >= 0.6 is 11.6 Å². The summed E-state index contributed by atoms with van der Waals surface area (Å²) in [5.74, 6) is 0.255. The average Bonchev–Trinajstić information content (AvgIpc) is 2.90. The molecular weight excluding hydrogens is 484 g/mol. The first-order valence-electron chi connectivity index (χ1n) is 13.1. The molecule has 4 rings (SSSR count). The van der Waals surface area contributed by atoms with Gasteiger partial charge in [0.25, 0.3) is 5.91 Å². The van der Waals surface area contributed by atoms with Crippen molar-refractivity contribution in [2.45, 2.75) is 64.1 Å². The van der Waals surface area contributed by atoms with Crippen LogP contribution in [0, 0.1) is 6.92 Å². The normalized spacial score (nSPS) is 14.5. The fraction of sp³-hybridized carbons (Fsp3) is 0.355. The molecule has 1 aliphatic carbocycles. The van der Waals surface area contributed by atoms with Gasteiger partial charge in [-0.15, -0.1) is 0 Å². The number of nitrogens with one attached hydrogen (secondary N) is 1. The maximum Gasteiger partial charge on any atom is 0.261 e. The van der Waals surface area contributed by atoms with Crippen molar-refractivity contribution in [1.29, 1.82) is 0 Å². The van der Waals surface area contributed by atoms with E-state index in [0.717, 1.165) is 42.4 Å². The molecule has 1 aliphatic rings. The Hall–Kier alpha value is -3.31. The quantitative estimate of drug-likeness (QED) is 0.352. The molecule has 0 spiro atoms. The van der Waals surface area contributed by atoms with Gasteiger partial charge < -0.3 is 15.0 Å². The van der Waals surface area contributed by atoms with Gasteiger partial charge in [-0.2, -0.15) is 0 Å². The zero-order valence-corrected chi connectivity index (χ0v) is 22.1. The van der Waals surface area contributed by atoms with Gasteiger partial charge in [0.2, 0.25) is 5.91 Å². The van der Waals surface area contributed by atoms with Crippen LogP contribution in [0.1, 0.15) is 48.8 Å². The van der Waals surface area contributed by atoms with E-state index in [2.05, 4.69) is 5.32 Å². The minimum absolute atomic E-state index is 0.123. The summed E-state index contributed by atoms with van der Waals surface area (Å²) in [5, 5.41) is 3.84. The molecule has 0 bridgehead atoms. The lowest BCUT2D eigenvalue weighted by molar-refractivity contribution is -0.143. The first kappa shape index (κ1) is 26.7. The molecule has 3 aromatic rings. The van der Waals surface area contributed by atoms with Gasteiger partial charge in [-0.1, -0.05) is 85.5 Å². The number of hydrogen-bond acceptors (Lipinski definition) is 3. The highest BCUT2D eigenvalue weighted by molar-refractivity contribution is 6.30. The van der Waals surface area contributed by atoms with E-state index in [4.69, 9.17) is 16.3 Å². The summed E-state index contributed by atoms with van der Waals surface area (Å²) in [6.07, 6.45) is 5.80. The summed E-state index contributed by atoms with van der Waals surface area (Å²) in [7, 11) is 0. The Morgan fingerprint density at radius 2 is 1.68 bits per heavy atom. The van der Waals surface area contributed by atoms with E-state index in [1.807, 2.05) is 79.7 Å². The predicted octanol–water partition coefficient (Wildman–Crippen LogP) is 6.12. The zero-order chi connectivity index (χ0) is 26.0. The minimum Gasteiger partial charge on any atom is -0.484 e. The van der Waals surface area contributed by atoms with Gasteiger partial charge in [-0.25, -0.2) is 0 Å². The molecule has 0 heterocycles. The molecule has 6 heteroatoms. The lowest BCUT2D eigenvalue weighted by atomic mass is 9.94. The molecule has 1 fully saturated rings. The van der Waals surface area contributed by atoms with E-state index < -0.39 is 6.04 Å². The van der Waals surface area contributed by atoms with E-state index in [9.17, 15) is 9.59 Å². The lowest BCUT2D eigenvalue weighted by Crippen LogP contribution is -2.53. The summed E-state index contributed by atoms with van der Waals surface area (Å²) in [6.45, 7) is 2.07. The second-order valence-corrected chi connectivity index (χ2v) is 10.2. The number of ether oxygens (including phenoxy) is 1. The lowest BCUT2D eigenvalue weighted by Gasteiger charge is -2.33. The van der Waals surface area contributed by atoms with Gasteiger partial charge in [0.1, 0.15) is 11.8 Å². The summed E-state index contributed by atoms with van der Waals surface area (Å²) in [5.41, 5.74) is 2.91. The number of amides is 2. The molecule has 1 saturated carbocycles. The van der Waals surface area contributed by atoms with Crippen molar-refractivity contribution < 1.29 is 14.3 Å². The van der Waals surface area contributed by atoms with E-state index in [-0.39, 0.29) is 31.0 Å². The molecule has 5 nitrogen and oxygen atoms in total. The SMILES string of the molecule is Cc1cccc(OCC(=O)N(Cc2cccc(Cl)c2)C(Cc2ccccc2)C(=O)NC2CCCCC2)c1. The fourth-order valence-corrected chi connectivity index (χ4v) is 5.08. The smallest absolute Gasteiger partial charge is 0.261 e. The minimum atomic E-state index is -0.683. The summed E-state index contributed by atoms with van der Waals surface area (Å²) in [4.78, 5) is 29.1. The summed E-state index contributed by atoms with van der Waals surface area (Å²) in [6, 6.07) is 24.3. The highest BCUT2D eigenvalue weighted by Crippen LogP contribution is 2.21. The van der Waals surface area contributed by atoms with Gasteiger partial charge in [0.15, 0.2) is 6.61 Å². The van der Waals surface area contributed by atoms with Gasteiger partial charge >= 0.3 is 0 Å². The molecule has 194 valence electrons. The van der Waals surface area contributed by atoms with Crippen LogP contribution in [-0.2, 0) is 22.6 Å². The third-order valence-corrected chi connectivity index (χ3v) is 7.05. The van der Waals surface area contributed by atoms with Crippen LogP contribution in [0.25, 0.3) is 0 Å². The first-order chi connectivity index (χ1) is 18.0. The molecule has 2 amide bonds. The summed E-state index contributed by atoms with van der Waals surface area (Å²) < 4.78 is 5.87. The number of carbonyl (C=O) groups is 2. The molecule has 0 aromatic heterocycles. The Bertz CT molecular complexity index is 1180. The van der Waals surface area contributed by atoms with Gasteiger partial charge in [0, 0.05) is 24.0 Å². The van der Waals surface area contributed by atoms with Gasteiger partial charge in [-0.3, -0.25) is 9.59 Å². The number of carbonyl (C=O) groups excluding carboxylic acids is 2. The van der Waals surface area contributed by atoms with E-state index in [1.54, 1.807) is 11.0 Å². The molecule has 37 heavy (non-hydrogen) atoms. The predicted molar refractivity (Wildman–Crippen MR) is 148 cm³/mol. The average molecular weight is 519 g/mol. The fourth-order valence-electron chi connectivity index (χ4n) is 4.86.